The van der Waals surface area contributed by atoms with E-state index in [1.54, 1.807) is 0 Å². The second kappa shape index (κ2) is 6.33. The van der Waals surface area contributed by atoms with E-state index in [0.29, 0.717) is 0 Å². The van der Waals surface area contributed by atoms with E-state index in [9.17, 15) is 0 Å². The van der Waals surface area contributed by atoms with E-state index in [2.05, 4.69) is 16.8 Å². The lowest BCUT2D eigenvalue weighted by Gasteiger charge is -2.44. The minimum atomic E-state index is -1.78. The summed E-state index contributed by atoms with van der Waals surface area (Å²) in [5.74, 6) is 1.76. The Labute approximate surface area is 107 Å². The lowest BCUT2D eigenvalue weighted by atomic mass is 9.84. The average molecular weight is 312 g/mol. The lowest BCUT2D eigenvalue weighted by Crippen LogP contribution is -2.51. The van der Waals surface area contributed by atoms with Crippen molar-refractivity contribution in [2.45, 2.75) is 6.42 Å². The molecule has 2 saturated heterocycles. The number of hydrogen-bond acceptors (Lipinski definition) is 2. The van der Waals surface area contributed by atoms with Gasteiger partial charge in [0, 0.05) is 30.3 Å². The molecule has 14 heavy (non-hydrogen) atoms. The number of piperidine rings is 2. The van der Waals surface area contributed by atoms with Crippen molar-refractivity contribution in [2.75, 3.05) is 44.5 Å². The van der Waals surface area contributed by atoms with Gasteiger partial charge in [0.15, 0.2) is 0 Å². The first-order chi connectivity index (χ1) is 7.78. The monoisotopic (exact) mass is 312 g/mol. The van der Waals surface area contributed by atoms with Crippen molar-refractivity contribution in [2.24, 2.45) is 11.8 Å². The van der Waals surface area contributed by atoms with E-state index in [1.165, 1.54) is 55.2 Å². The molecule has 0 aromatic carbocycles. The molecule has 0 aliphatic carbocycles. The Morgan fingerprint density at radius 1 is 1.36 bits per heavy atom. The summed E-state index contributed by atoms with van der Waals surface area (Å²) in [6.45, 7) is 4.98. The van der Waals surface area contributed by atoms with Crippen molar-refractivity contribution in [3.05, 3.63) is 0 Å². The van der Waals surface area contributed by atoms with Crippen LogP contribution in [0.4, 0.5) is 0 Å². The Balaban J connectivity index is 0.000000249. The van der Waals surface area contributed by atoms with Gasteiger partial charge in [-0.3, -0.25) is 0 Å². The van der Waals surface area contributed by atoms with E-state index < -0.39 is 4.86 Å². The van der Waals surface area contributed by atoms with Gasteiger partial charge >= 0.3 is 0 Å². The molecule has 80 valence electrons. The zero-order valence-electron chi connectivity index (χ0n) is 11.7. The third-order valence-electron chi connectivity index (χ3n) is 3.10. The summed E-state index contributed by atoms with van der Waals surface area (Å²) in [7, 11) is 7.89. The summed E-state index contributed by atoms with van der Waals surface area (Å²) < 4.78 is 18.8. The first-order valence-corrected chi connectivity index (χ1v) is 6.15. The van der Waals surface area contributed by atoms with E-state index in [4.69, 9.17) is 12.0 Å². The van der Waals surface area contributed by atoms with Crippen molar-refractivity contribution < 1.29 is 4.11 Å². The standard InChI is InChI=1S/C9H17BN2.CH3I/c1-11-3-8-2-9(4-11)6-12(5-8)7-10;1-2/h8-9H,2-7H2,1H3;1H3/i;1T3. The van der Waals surface area contributed by atoms with Crippen LogP contribution in [0.25, 0.3) is 0 Å². The van der Waals surface area contributed by atoms with Gasteiger partial charge in [-0.1, -0.05) is 22.6 Å². The fraction of sp³-hybridized carbons (Fsp3) is 1.00. The second-order valence-electron chi connectivity index (χ2n) is 4.41. The fourth-order valence-corrected chi connectivity index (χ4v) is 2.80. The summed E-state index contributed by atoms with van der Waals surface area (Å²) in [5.41, 5.74) is 0. The molecular weight excluding hydrogens is 286 g/mol. The van der Waals surface area contributed by atoms with Crippen LogP contribution in [0.1, 0.15) is 10.5 Å². The first-order valence-electron chi connectivity index (χ1n) is 6.58. The van der Waals surface area contributed by atoms with Crippen LogP contribution in [0, 0.1) is 11.8 Å². The average Bonchev–Trinajstić information content (AvgIpc) is 2.12. The molecule has 0 aromatic heterocycles. The number of likely N-dealkylation sites (tertiary alicyclic amines) is 2. The number of fused-ring (bicyclic) bond motifs is 2. The minimum absolute atomic E-state index is 0.747. The molecule has 2 aliphatic rings. The molecule has 2 nitrogen and oxygen atoms in total. The highest BCUT2D eigenvalue weighted by Gasteiger charge is 2.31. The molecule has 2 aliphatic heterocycles. The van der Waals surface area contributed by atoms with Crippen LogP contribution in [-0.4, -0.2) is 62.2 Å². The molecule has 0 N–H and O–H groups in total. The van der Waals surface area contributed by atoms with Gasteiger partial charge in [0.1, 0.15) is 0 Å². The summed E-state index contributed by atoms with van der Waals surface area (Å²) in [6.07, 6.45) is 2.18. The molecule has 2 fully saturated rings. The largest absolute Gasteiger partial charge is 0.311 e. The maximum atomic E-state index is 6.26. The van der Waals surface area contributed by atoms with Crippen LogP contribution < -0.4 is 0 Å². The maximum absolute atomic E-state index is 6.26. The highest BCUT2D eigenvalue weighted by molar-refractivity contribution is 14.1. The summed E-state index contributed by atoms with van der Waals surface area (Å²) in [5, 5.41) is 0. The molecule has 2 radical (unpaired) electrons. The minimum Gasteiger partial charge on any atom is -0.311 e. The maximum Gasteiger partial charge on any atom is 0.0863 e. The quantitative estimate of drug-likeness (QED) is 0.406. The molecule has 0 spiro atoms. The summed E-state index contributed by atoms with van der Waals surface area (Å²) >= 11 is 1.38. The Morgan fingerprint density at radius 3 is 2.29 bits per heavy atom. The van der Waals surface area contributed by atoms with Crippen LogP contribution in [0.15, 0.2) is 0 Å². The molecule has 2 heterocycles. The molecular formula is C10H20BIN2. The fourth-order valence-electron chi connectivity index (χ4n) is 2.80. The normalized spacial score (nSPS) is 37.4. The summed E-state index contributed by atoms with van der Waals surface area (Å²) in [6, 6.07) is 0. The Hall–Kier alpha value is 0.715. The Bertz CT molecular complexity index is 216. The topological polar surface area (TPSA) is 6.48 Å². The Kier molecular flexibility index (Phi) is 3.99. The molecule has 0 amide bonds. The van der Waals surface area contributed by atoms with Gasteiger partial charge in [-0.05, 0) is 36.6 Å². The van der Waals surface area contributed by atoms with Crippen LogP contribution in [0.5, 0.6) is 0 Å². The smallest absolute Gasteiger partial charge is 0.0863 e. The zero-order chi connectivity index (χ0) is 13.1. The first kappa shape index (κ1) is 8.82. The molecule has 2 unspecified atom stereocenters. The van der Waals surface area contributed by atoms with Crippen LogP contribution >= 0.6 is 22.6 Å². The van der Waals surface area contributed by atoms with Gasteiger partial charge in [-0.25, -0.2) is 0 Å². The van der Waals surface area contributed by atoms with Crippen LogP contribution in [-0.2, 0) is 0 Å². The van der Waals surface area contributed by atoms with Gasteiger partial charge in [-0.15, -0.1) is 0 Å². The highest BCUT2D eigenvalue weighted by Crippen LogP contribution is 2.27. The number of rotatable bonds is 1. The lowest BCUT2D eigenvalue weighted by molar-refractivity contribution is 0.0528. The SMILES string of the molecule is [3H]C([3H])([3H])I.[B]CN1CC2CC(CN(C)C2)C1. The number of hydrogen-bond donors (Lipinski definition) is 0. The van der Waals surface area contributed by atoms with Crippen LogP contribution in [0.3, 0.4) is 0 Å². The predicted molar refractivity (Wildman–Crippen MR) is 71.2 cm³/mol. The molecule has 4 heteroatoms. The van der Waals surface area contributed by atoms with Crippen molar-refractivity contribution in [3.8, 4) is 0 Å². The third-order valence-corrected chi connectivity index (χ3v) is 3.10. The van der Waals surface area contributed by atoms with Gasteiger partial charge < -0.3 is 9.80 Å². The third kappa shape index (κ3) is 3.38. The van der Waals surface area contributed by atoms with Crippen molar-refractivity contribution in [1.29, 1.82) is 0 Å². The van der Waals surface area contributed by atoms with E-state index in [1.807, 2.05) is 0 Å². The van der Waals surface area contributed by atoms with Gasteiger partial charge in [0.25, 0.3) is 0 Å². The number of alkyl halides is 1. The number of nitrogens with zero attached hydrogens (tertiary/aromatic N) is 2. The van der Waals surface area contributed by atoms with Gasteiger partial charge in [-0.2, -0.15) is 0 Å². The molecule has 2 bridgehead atoms. The summed E-state index contributed by atoms with van der Waals surface area (Å²) in [4.78, 5) is 3.08. The van der Waals surface area contributed by atoms with Gasteiger partial charge in [0.2, 0.25) is 0 Å². The van der Waals surface area contributed by atoms with Crippen molar-refractivity contribution >= 4 is 30.4 Å². The molecule has 0 aromatic rings. The second-order valence-corrected chi connectivity index (χ2v) is 4.41. The van der Waals surface area contributed by atoms with Crippen molar-refractivity contribution in [3.63, 3.8) is 0 Å². The van der Waals surface area contributed by atoms with Gasteiger partial charge in [0.05, 0.1) is 7.85 Å². The number of halogens is 1. The van der Waals surface area contributed by atoms with E-state index >= 15 is 0 Å². The van der Waals surface area contributed by atoms with Crippen molar-refractivity contribution in [1.82, 2.24) is 9.80 Å². The Morgan fingerprint density at radius 2 is 1.86 bits per heavy atom. The zero-order valence-corrected chi connectivity index (χ0v) is 10.9. The van der Waals surface area contributed by atoms with Crippen LogP contribution in [0.2, 0.25) is 0 Å². The van der Waals surface area contributed by atoms with E-state index in [0.717, 1.165) is 18.3 Å². The highest BCUT2D eigenvalue weighted by atomic mass is 127. The van der Waals surface area contributed by atoms with E-state index in [-0.39, 0.29) is 0 Å². The molecule has 2 rings (SSSR count). The molecule has 2 atom stereocenters. The predicted octanol–water partition coefficient (Wildman–Crippen LogP) is 1.05. The molecule has 0 saturated carbocycles.